The summed E-state index contributed by atoms with van der Waals surface area (Å²) in [6.45, 7) is 12.4. The van der Waals surface area contributed by atoms with E-state index in [1.165, 1.54) is 16.7 Å². The van der Waals surface area contributed by atoms with Crippen molar-refractivity contribution in [2.75, 3.05) is 53.4 Å². The van der Waals surface area contributed by atoms with Gasteiger partial charge in [-0.15, -0.1) is 0 Å². The van der Waals surface area contributed by atoms with Gasteiger partial charge in [-0.2, -0.15) is 0 Å². The molecule has 0 aliphatic carbocycles. The molecule has 25 heavy (non-hydrogen) atoms. The Morgan fingerprint density at radius 2 is 1.84 bits per heavy atom. The normalized spacial score (nSPS) is 19.9. The van der Waals surface area contributed by atoms with Crippen LogP contribution < -0.4 is 10.6 Å². The van der Waals surface area contributed by atoms with Crippen molar-refractivity contribution in [2.24, 2.45) is 4.99 Å². The molecular formula is C20H35N5. The fourth-order valence-electron chi connectivity index (χ4n) is 3.38. The van der Waals surface area contributed by atoms with Gasteiger partial charge in [0, 0.05) is 38.8 Å². The predicted molar refractivity (Wildman–Crippen MR) is 108 cm³/mol. The van der Waals surface area contributed by atoms with Gasteiger partial charge in [0.15, 0.2) is 5.96 Å². The molecule has 1 aromatic carbocycles. The highest BCUT2D eigenvalue weighted by Crippen LogP contribution is 2.09. The Hall–Kier alpha value is -1.59. The summed E-state index contributed by atoms with van der Waals surface area (Å²) in [5.41, 5.74) is 4.05. The molecule has 1 atom stereocenters. The fourth-order valence-corrected chi connectivity index (χ4v) is 3.38. The average molecular weight is 346 g/mol. The summed E-state index contributed by atoms with van der Waals surface area (Å²) in [5.74, 6) is 0.925. The average Bonchev–Trinajstić information content (AvgIpc) is 2.54. The molecule has 1 fully saturated rings. The quantitative estimate of drug-likeness (QED) is 0.608. The monoisotopic (exact) mass is 345 g/mol. The second kappa shape index (κ2) is 9.78. The Balaban J connectivity index is 1.86. The number of hydrogen-bond acceptors (Lipinski definition) is 3. The lowest BCUT2D eigenvalue weighted by atomic mass is 10.1. The minimum absolute atomic E-state index is 0.494. The molecule has 0 amide bonds. The number of aliphatic imine (C=N–C) groups is 1. The zero-order valence-electron chi connectivity index (χ0n) is 16.6. The van der Waals surface area contributed by atoms with E-state index in [4.69, 9.17) is 4.99 Å². The molecule has 1 aliphatic heterocycles. The van der Waals surface area contributed by atoms with Crippen LogP contribution in [0.4, 0.5) is 0 Å². The molecule has 1 saturated heterocycles. The second-order valence-corrected chi connectivity index (χ2v) is 7.29. The van der Waals surface area contributed by atoms with Crippen LogP contribution in [0.2, 0.25) is 0 Å². The van der Waals surface area contributed by atoms with Crippen molar-refractivity contribution in [3.63, 3.8) is 0 Å². The maximum absolute atomic E-state index is 4.81. The van der Waals surface area contributed by atoms with Gasteiger partial charge in [0.2, 0.25) is 0 Å². The van der Waals surface area contributed by atoms with Gasteiger partial charge in [-0.1, -0.05) is 29.3 Å². The molecule has 5 heteroatoms. The smallest absolute Gasteiger partial charge is 0.191 e. The van der Waals surface area contributed by atoms with Gasteiger partial charge < -0.3 is 15.5 Å². The number of rotatable bonds is 6. The summed E-state index contributed by atoms with van der Waals surface area (Å²) < 4.78 is 0. The lowest BCUT2D eigenvalue weighted by Crippen LogP contribution is -2.51. The first-order valence-electron chi connectivity index (χ1n) is 9.46. The van der Waals surface area contributed by atoms with Crippen molar-refractivity contribution in [1.29, 1.82) is 0 Å². The first-order valence-corrected chi connectivity index (χ1v) is 9.46. The van der Waals surface area contributed by atoms with Gasteiger partial charge in [0.05, 0.1) is 6.54 Å². The number of nitrogens with one attached hydrogen (secondary N) is 2. The van der Waals surface area contributed by atoms with Gasteiger partial charge >= 0.3 is 0 Å². The van der Waals surface area contributed by atoms with Crippen LogP contribution >= 0.6 is 0 Å². The Bertz CT molecular complexity index is 549. The molecule has 1 heterocycles. The number of guanidine groups is 1. The van der Waals surface area contributed by atoms with Crippen molar-refractivity contribution < 1.29 is 0 Å². The predicted octanol–water partition coefficient (Wildman–Crippen LogP) is 1.65. The summed E-state index contributed by atoms with van der Waals surface area (Å²) in [7, 11) is 4.39. The van der Waals surface area contributed by atoms with Crippen LogP contribution in [0.15, 0.2) is 23.2 Å². The van der Waals surface area contributed by atoms with E-state index < -0.39 is 0 Å². The van der Waals surface area contributed by atoms with Crippen molar-refractivity contribution in [3.8, 4) is 0 Å². The Morgan fingerprint density at radius 1 is 1.12 bits per heavy atom. The Labute approximate surface area is 153 Å². The summed E-state index contributed by atoms with van der Waals surface area (Å²) in [6.07, 6.45) is 1.01. The van der Waals surface area contributed by atoms with Crippen LogP contribution in [0, 0.1) is 13.8 Å². The highest BCUT2D eigenvalue weighted by Gasteiger charge is 2.21. The van der Waals surface area contributed by atoms with E-state index in [-0.39, 0.29) is 0 Å². The molecule has 140 valence electrons. The Kier molecular flexibility index (Phi) is 7.72. The molecule has 0 saturated carbocycles. The van der Waals surface area contributed by atoms with Crippen LogP contribution in [0.3, 0.4) is 0 Å². The molecule has 1 aliphatic rings. The van der Waals surface area contributed by atoms with Crippen LogP contribution in [-0.2, 0) is 6.42 Å². The van der Waals surface area contributed by atoms with E-state index in [1.54, 1.807) is 0 Å². The topological polar surface area (TPSA) is 42.9 Å². The van der Waals surface area contributed by atoms with Crippen LogP contribution in [0.1, 0.15) is 23.6 Å². The molecule has 1 aromatic rings. The van der Waals surface area contributed by atoms with Gasteiger partial charge in [0.1, 0.15) is 0 Å². The summed E-state index contributed by atoms with van der Waals surface area (Å²) in [6, 6.07) is 7.26. The third kappa shape index (κ3) is 6.67. The third-order valence-electron chi connectivity index (χ3n) is 4.77. The standard InChI is InChI=1S/C20H35N5/c1-6-21-20(23-14-19-15-24(4)9-10-25(19)5)22-8-7-18-12-16(2)11-17(3)13-18/h11-13,19H,6-10,14-15H2,1-5H3,(H2,21,22,23). The molecule has 0 spiro atoms. The number of hydrogen-bond donors (Lipinski definition) is 2. The lowest BCUT2D eigenvalue weighted by Gasteiger charge is -2.36. The number of piperazine rings is 1. The number of benzene rings is 1. The molecular weight excluding hydrogens is 310 g/mol. The molecule has 0 radical (unpaired) electrons. The minimum Gasteiger partial charge on any atom is -0.357 e. The van der Waals surface area contributed by atoms with E-state index in [0.29, 0.717) is 6.04 Å². The van der Waals surface area contributed by atoms with Crippen LogP contribution in [0.5, 0.6) is 0 Å². The molecule has 2 N–H and O–H groups in total. The lowest BCUT2D eigenvalue weighted by molar-refractivity contribution is 0.119. The maximum atomic E-state index is 4.81. The fraction of sp³-hybridized carbons (Fsp3) is 0.650. The van der Waals surface area contributed by atoms with Gasteiger partial charge in [-0.25, -0.2) is 0 Å². The van der Waals surface area contributed by atoms with E-state index in [0.717, 1.165) is 51.6 Å². The van der Waals surface area contributed by atoms with E-state index in [1.807, 2.05) is 0 Å². The third-order valence-corrected chi connectivity index (χ3v) is 4.77. The number of aryl methyl sites for hydroxylation is 2. The molecule has 0 bridgehead atoms. The zero-order chi connectivity index (χ0) is 18.2. The number of likely N-dealkylation sites (N-methyl/N-ethyl adjacent to an activating group) is 2. The largest absolute Gasteiger partial charge is 0.357 e. The summed E-state index contributed by atoms with van der Waals surface area (Å²) in [5, 5.41) is 6.84. The highest BCUT2D eigenvalue weighted by atomic mass is 15.3. The van der Waals surface area contributed by atoms with Crippen molar-refractivity contribution in [2.45, 2.75) is 33.2 Å². The van der Waals surface area contributed by atoms with E-state index >= 15 is 0 Å². The first kappa shape index (κ1) is 19.7. The van der Waals surface area contributed by atoms with Crippen molar-refractivity contribution in [1.82, 2.24) is 20.4 Å². The van der Waals surface area contributed by atoms with E-state index in [9.17, 15) is 0 Å². The van der Waals surface area contributed by atoms with E-state index in [2.05, 4.69) is 73.5 Å². The Morgan fingerprint density at radius 3 is 2.52 bits per heavy atom. The summed E-state index contributed by atoms with van der Waals surface area (Å²) >= 11 is 0. The highest BCUT2D eigenvalue weighted by molar-refractivity contribution is 5.79. The first-order chi connectivity index (χ1) is 12.0. The number of nitrogens with zero attached hydrogens (tertiary/aromatic N) is 3. The van der Waals surface area contributed by atoms with Gasteiger partial charge in [0.25, 0.3) is 0 Å². The molecule has 1 unspecified atom stereocenters. The van der Waals surface area contributed by atoms with Crippen molar-refractivity contribution in [3.05, 3.63) is 34.9 Å². The van der Waals surface area contributed by atoms with Crippen molar-refractivity contribution >= 4 is 5.96 Å². The van der Waals surface area contributed by atoms with Crippen LogP contribution in [-0.4, -0.2) is 75.2 Å². The summed E-state index contributed by atoms with van der Waals surface area (Å²) in [4.78, 5) is 9.62. The minimum atomic E-state index is 0.494. The molecule has 0 aromatic heterocycles. The van der Waals surface area contributed by atoms with Gasteiger partial charge in [-0.3, -0.25) is 9.89 Å². The van der Waals surface area contributed by atoms with Crippen LogP contribution in [0.25, 0.3) is 0 Å². The van der Waals surface area contributed by atoms with Gasteiger partial charge in [-0.05, 0) is 46.9 Å². The zero-order valence-corrected chi connectivity index (χ0v) is 16.6. The second-order valence-electron chi connectivity index (χ2n) is 7.29. The maximum Gasteiger partial charge on any atom is 0.191 e. The SMILES string of the molecule is CCNC(=NCC1CN(C)CCN1C)NCCc1cc(C)cc(C)c1. The molecule has 2 rings (SSSR count). The molecule has 5 nitrogen and oxygen atoms in total.